The zero-order chi connectivity index (χ0) is 22.2. The first-order chi connectivity index (χ1) is 13.4. The first-order valence-electron chi connectivity index (χ1n) is 9.06. The lowest BCUT2D eigenvalue weighted by Gasteiger charge is -2.24. The summed E-state index contributed by atoms with van der Waals surface area (Å²) < 4.78 is 31.5. The van der Waals surface area contributed by atoms with Crippen molar-refractivity contribution in [2.24, 2.45) is 16.8 Å². The molecule has 162 valence electrons. The van der Waals surface area contributed by atoms with Crippen molar-refractivity contribution in [2.45, 2.75) is 52.7 Å². The molecule has 0 saturated carbocycles. The second-order valence-corrected chi connectivity index (χ2v) is 7.82. The molecule has 0 spiro atoms. The molecule has 1 rings (SSSR count). The average molecular weight is 414 g/mol. The van der Waals surface area contributed by atoms with Gasteiger partial charge in [0.15, 0.2) is 12.4 Å². The normalized spacial score (nSPS) is 13.0. The highest BCUT2D eigenvalue weighted by atomic mass is 19.1. The first kappa shape index (κ1) is 24.1. The highest BCUT2D eigenvalue weighted by Crippen LogP contribution is 2.13. The lowest BCUT2D eigenvalue weighted by molar-refractivity contribution is -0.120. The molecule has 0 aliphatic heterocycles. The summed E-state index contributed by atoms with van der Waals surface area (Å²) in [5.41, 5.74) is 5.15. The number of oxime groups is 1. The Morgan fingerprint density at radius 2 is 1.76 bits per heavy atom. The van der Waals surface area contributed by atoms with Crippen LogP contribution in [0.5, 0.6) is 0 Å². The smallest absolute Gasteiger partial charge is 0.408 e. The van der Waals surface area contributed by atoms with Crippen molar-refractivity contribution in [3.8, 4) is 0 Å². The van der Waals surface area contributed by atoms with Crippen molar-refractivity contribution in [3.05, 3.63) is 29.8 Å². The number of halogens is 2. The molecule has 10 heteroatoms. The van der Waals surface area contributed by atoms with Crippen LogP contribution in [-0.2, 0) is 14.4 Å². The molecule has 1 aromatic rings. The molecule has 29 heavy (non-hydrogen) atoms. The van der Waals surface area contributed by atoms with E-state index in [4.69, 9.17) is 15.3 Å². The van der Waals surface area contributed by atoms with Gasteiger partial charge in [-0.05, 0) is 45.2 Å². The second-order valence-electron chi connectivity index (χ2n) is 7.82. The summed E-state index contributed by atoms with van der Waals surface area (Å²) in [7, 11) is 0. The van der Waals surface area contributed by atoms with Crippen LogP contribution in [0.1, 0.15) is 41.0 Å². The molecule has 1 aromatic carbocycles. The van der Waals surface area contributed by atoms with Gasteiger partial charge < -0.3 is 25.9 Å². The zero-order valence-corrected chi connectivity index (χ0v) is 17.2. The topological polar surface area (TPSA) is 115 Å². The maximum Gasteiger partial charge on any atom is 0.408 e. The number of ether oxygens (including phenoxy) is 1. The van der Waals surface area contributed by atoms with Crippen LogP contribution < -0.4 is 16.4 Å². The summed E-state index contributed by atoms with van der Waals surface area (Å²) in [6.45, 7) is 8.52. The monoisotopic (exact) mass is 414 g/mol. The van der Waals surface area contributed by atoms with Crippen molar-refractivity contribution in [3.63, 3.8) is 0 Å². The number of anilines is 1. The molecule has 0 heterocycles. The van der Waals surface area contributed by atoms with Gasteiger partial charge in [-0.25, -0.2) is 13.6 Å². The van der Waals surface area contributed by atoms with Crippen LogP contribution >= 0.6 is 0 Å². The van der Waals surface area contributed by atoms with Crippen LogP contribution in [0.2, 0.25) is 0 Å². The van der Waals surface area contributed by atoms with Crippen molar-refractivity contribution in [1.82, 2.24) is 5.32 Å². The minimum atomic E-state index is -0.826. The van der Waals surface area contributed by atoms with E-state index in [-0.39, 0.29) is 17.4 Å². The van der Waals surface area contributed by atoms with Crippen molar-refractivity contribution < 1.29 is 27.9 Å². The van der Waals surface area contributed by atoms with E-state index in [1.54, 1.807) is 20.8 Å². The van der Waals surface area contributed by atoms with E-state index in [2.05, 4.69) is 15.8 Å². The number of nitrogens with one attached hydrogen (secondary N) is 2. The molecule has 2 amide bonds. The number of rotatable bonds is 8. The summed E-state index contributed by atoms with van der Waals surface area (Å²) in [5, 5.41) is 8.55. The fraction of sp³-hybridized carbons (Fsp3) is 0.526. The number of alkyl carbamates (subject to hydrolysis) is 1. The Bertz CT molecular complexity index is 728. The number of nitrogens with two attached hydrogens (primary N) is 1. The van der Waals surface area contributed by atoms with Crippen LogP contribution in [0, 0.1) is 17.6 Å². The lowest BCUT2D eigenvalue weighted by Crippen LogP contribution is -2.47. The van der Waals surface area contributed by atoms with Gasteiger partial charge in [0.25, 0.3) is 5.91 Å². The summed E-state index contributed by atoms with van der Waals surface area (Å²) in [4.78, 5) is 28.7. The predicted octanol–water partition coefficient (Wildman–Crippen LogP) is 3.13. The number of amidine groups is 1. The lowest BCUT2D eigenvalue weighted by atomic mass is 10.0. The largest absolute Gasteiger partial charge is 0.444 e. The van der Waals surface area contributed by atoms with E-state index in [1.807, 2.05) is 13.8 Å². The maximum absolute atomic E-state index is 13.1. The number of carbonyl (C=O) groups is 2. The predicted molar refractivity (Wildman–Crippen MR) is 105 cm³/mol. The minimum absolute atomic E-state index is 0.0471. The first-order valence-corrected chi connectivity index (χ1v) is 9.06. The van der Waals surface area contributed by atoms with Gasteiger partial charge in [-0.1, -0.05) is 19.0 Å². The Labute approximate surface area is 168 Å². The molecule has 0 aromatic heterocycles. The van der Waals surface area contributed by atoms with Crippen molar-refractivity contribution in [1.29, 1.82) is 0 Å². The molecular formula is C19H28F2N4O4. The number of benzene rings is 1. The molecule has 1 atom stereocenters. The summed E-state index contributed by atoms with van der Waals surface area (Å²) in [5.74, 6) is -2.21. The standard InChI is InChI=1S/C19H28F2N4O4/c1-11(2)6-15(24-18(27)29-19(3,4)5)17(22)25-28-10-16(26)23-14-8-12(20)7-13(21)9-14/h7-9,11,15H,6,10H2,1-5H3,(H2,22,25)(H,23,26)(H,24,27). The van der Waals surface area contributed by atoms with E-state index in [1.165, 1.54) is 0 Å². The highest BCUT2D eigenvalue weighted by molar-refractivity contribution is 5.92. The number of hydrogen-bond acceptors (Lipinski definition) is 5. The molecule has 0 radical (unpaired) electrons. The van der Waals surface area contributed by atoms with E-state index >= 15 is 0 Å². The molecule has 0 saturated heterocycles. The fourth-order valence-electron chi connectivity index (χ4n) is 2.23. The van der Waals surface area contributed by atoms with Crippen LogP contribution in [0.15, 0.2) is 23.4 Å². The highest BCUT2D eigenvalue weighted by Gasteiger charge is 2.23. The summed E-state index contributed by atoms with van der Waals surface area (Å²) in [6.07, 6.45) is -0.195. The van der Waals surface area contributed by atoms with Gasteiger partial charge in [-0.15, -0.1) is 0 Å². The number of carbonyl (C=O) groups excluding carboxylic acids is 2. The van der Waals surface area contributed by atoms with Gasteiger partial charge in [-0.3, -0.25) is 4.79 Å². The Balaban J connectivity index is 2.65. The second kappa shape index (κ2) is 10.6. The van der Waals surface area contributed by atoms with Gasteiger partial charge in [-0.2, -0.15) is 0 Å². The Kier molecular flexibility index (Phi) is 8.81. The molecule has 4 N–H and O–H groups in total. The van der Waals surface area contributed by atoms with E-state index in [0.717, 1.165) is 12.1 Å². The van der Waals surface area contributed by atoms with Gasteiger partial charge in [0.05, 0.1) is 6.04 Å². The fourth-order valence-corrected chi connectivity index (χ4v) is 2.23. The summed E-state index contributed by atoms with van der Waals surface area (Å²) in [6, 6.07) is 1.94. The third-order valence-electron chi connectivity index (χ3n) is 3.27. The van der Waals surface area contributed by atoms with E-state index in [9.17, 15) is 18.4 Å². The van der Waals surface area contributed by atoms with Crippen molar-refractivity contribution in [2.75, 3.05) is 11.9 Å². The third kappa shape index (κ3) is 10.3. The van der Waals surface area contributed by atoms with E-state index in [0.29, 0.717) is 12.5 Å². The number of hydrogen-bond donors (Lipinski definition) is 3. The molecule has 0 bridgehead atoms. The molecule has 1 unspecified atom stereocenters. The molecular weight excluding hydrogens is 386 g/mol. The zero-order valence-electron chi connectivity index (χ0n) is 17.2. The van der Waals surface area contributed by atoms with Crippen LogP contribution in [0.4, 0.5) is 19.3 Å². The van der Waals surface area contributed by atoms with Gasteiger partial charge >= 0.3 is 6.09 Å². The Hall–Kier alpha value is -2.91. The van der Waals surface area contributed by atoms with Gasteiger partial charge in [0.2, 0.25) is 0 Å². The number of nitrogens with zero attached hydrogens (tertiary/aromatic N) is 1. The molecule has 8 nitrogen and oxygen atoms in total. The third-order valence-corrected chi connectivity index (χ3v) is 3.27. The quantitative estimate of drug-likeness (QED) is 0.343. The maximum atomic E-state index is 13.1. The molecule has 0 aliphatic carbocycles. The van der Waals surface area contributed by atoms with Gasteiger partial charge in [0, 0.05) is 11.8 Å². The average Bonchev–Trinajstić information content (AvgIpc) is 2.50. The van der Waals surface area contributed by atoms with Crippen LogP contribution in [0.3, 0.4) is 0 Å². The Morgan fingerprint density at radius 3 is 2.28 bits per heavy atom. The number of amides is 2. The summed E-state index contributed by atoms with van der Waals surface area (Å²) >= 11 is 0. The Morgan fingerprint density at radius 1 is 1.17 bits per heavy atom. The molecule has 0 aliphatic rings. The minimum Gasteiger partial charge on any atom is -0.444 e. The van der Waals surface area contributed by atoms with E-state index < -0.39 is 41.9 Å². The SMILES string of the molecule is CC(C)CC(NC(=O)OC(C)(C)C)/C(N)=N/OCC(=O)Nc1cc(F)cc(F)c1. The van der Waals surface area contributed by atoms with Gasteiger partial charge in [0.1, 0.15) is 17.2 Å². The molecule has 0 fully saturated rings. The van der Waals surface area contributed by atoms with Crippen LogP contribution in [0.25, 0.3) is 0 Å². The van der Waals surface area contributed by atoms with Crippen LogP contribution in [-0.4, -0.2) is 36.1 Å². The van der Waals surface area contributed by atoms with Crippen molar-refractivity contribution >= 4 is 23.5 Å².